The van der Waals surface area contributed by atoms with Crippen molar-refractivity contribution in [1.82, 2.24) is 9.78 Å². The Labute approximate surface area is 122 Å². The third kappa shape index (κ3) is 3.34. The maximum atomic E-state index is 9.15. The average Bonchev–Trinajstić information content (AvgIpc) is 2.95. The van der Waals surface area contributed by atoms with Crippen molar-refractivity contribution in [2.24, 2.45) is 4.99 Å². The Balaban J connectivity index is 2.32. The minimum Gasteiger partial charge on any atom is -0.343 e. The third-order valence-electron chi connectivity index (χ3n) is 2.62. The second-order valence-electron chi connectivity index (χ2n) is 4.03. The summed E-state index contributed by atoms with van der Waals surface area (Å²) >= 11 is 0. The van der Waals surface area contributed by atoms with Gasteiger partial charge in [-0.15, -0.1) is 5.10 Å². The van der Waals surface area contributed by atoms with Gasteiger partial charge < -0.3 is 5.32 Å². The highest BCUT2D eigenvalue weighted by molar-refractivity contribution is 5.84. The lowest BCUT2D eigenvalue weighted by Gasteiger charge is -1.99. The Bertz CT molecular complexity index is 756. The quantitative estimate of drug-likeness (QED) is 0.685. The molecule has 1 aromatic heterocycles. The molecule has 6 nitrogen and oxygen atoms in total. The molecule has 0 amide bonds. The highest BCUT2D eigenvalue weighted by Gasteiger charge is 2.08. The van der Waals surface area contributed by atoms with Gasteiger partial charge >= 0.3 is 0 Å². The molecule has 0 aliphatic heterocycles. The smallest absolute Gasteiger partial charge is 0.170 e. The van der Waals surface area contributed by atoms with Crippen LogP contribution in [0.15, 0.2) is 53.3 Å². The molecule has 0 fully saturated rings. The highest BCUT2D eigenvalue weighted by Crippen LogP contribution is 2.16. The molecule has 0 atom stereocenters. The molecule has 0 saturated carbocycles. The predicted octanol–water partition coefficient (Wildman–Crippen LogP) is 2.26. The van der Waals surface area contributed by atoms with Gasteiger partial charge in [-0.1, -0.05) is 18.2 Å². The first kappa shape index (κ1) is 14.0. The van der Waals surface area contributed by atoms with Crippen molar-refractivity contribution in [2.75, 3.05) is 12.4 Å². The molecule has 0 aliphatic carbocycles. The third-order valence-corrected chi connectivity index (χ3v) is 2.62. The Kier molecular flexibility index (Phi) is 4.47. The summed E-state index contributed by atoms with van der Waals surface area (Å²) < 4.78 is 1.61. The number of allylic oxidation sites excluding steroid dienone is 1. The van der Waals surface area contributed by atoms with Crippen LogP contribution < -0.4 is 5.32 Å². The molecule has 0 unspecified atom stereocenters. The zero-order valence-electron chi connectivity index (χ0n) is 11.4. The van der Waals surface area contributed by atoms with Crippen LogP contribution in [-0.4, -0.2) is 23.0 Å². The normalized spacial score (nSPS) is 11.1. The minimum atomic E-state index is 0.343. The molecule has 1 aromatic carbocycles. The van der Waals surface area contributed by atoms with Crippen LogP contribution in [0.25, 0.3) is 5.69 Å². The van der Waals surface area contributed by atoms with Crippen LogP contribution >= 0.6 is 0 Å². The molecule has 0 spiro atoms. The van der Waals surface area contributed by atoms with E-state index in [1.165, 1.54) is 12.4 Å². The Morgan fingerprint density at radius 1 is 1.33 bits per heavy atom. The number of nitriles is 2. The van der Waals surface area contributed by atoms with E-state index in [1.807, 2.05) is 36.4 Å². The molecular formula is C15H12N6. The number of anilines is 1. The van der Waals surface area contributed by atoms with Crippen molar-refractivity contribution in [1.29, 1.82) is 10.5 Å². The van der Waals surface area contributed by atoms with E-state index in [9.17, 15) is 0 Å². The number of hydrogen-bond donors (Lipinski definition) is 1. The van der Waals surface area contributed by atoms with Crippen molar-refractivity contribution in [3.8, 4) is 17.8 Å². The molecule has 6 heteroatoms. The highest BCUT2D eigenvalue weighted by atomic mass is 15.3. The summed E-state index contributed by atoms with van der Waals surface area (Å²) in [6.45, 7) is 0. The number of aliphatic imine (C=N–C) groups is 1. The van der Waals surface area contributed by atoms with Gasteiger partial charge in [0.15, 0.2) is 5.82 Å². The lowest BCUT2D eigenvalue weighted by Crippen LogP contribution is -1.97. The van der Waals surface area contributed by atoms with Crippen molar-refractivity contribution >= 4 is 12.0 Å². The SMILES string of the molecule is CN=C/C(C#N)=C\Nc1nn(-c2ccccc2)cc1C#N. The molecule has 2 aromatic rings. The van der Waals surface area contributed by atoms with E-state index in [-0.39, 0.29) is 0 Å². The number of aromatic nitrogens is 2. The molecule has 1 N–H and O–H groups in total. The number of para-hydroxylation sites is 1. The standard InChI is InChI=1S/C15H12N6/c1-18-9-12(7-16)10-19-15-13(8-17)11-21(20-15)14-5-3-2-4-6-14/h2-6,9-11H,1H3,(H,19,20)/b12-10-,18-9?. The van der Waals surface area contributed by atoms with Crippen LogP contribution in [0.1, 0.15) is 5.56 Å². The van der Waals surface area contributed by atoms with Crippen molar-refractivity contribution in [2.45, 2.75) is 0 Å². The summed E-state index contributed by atoms with van der Waals surface area (Å²) in [4.78, 5) is 3.77. The molecule has 0 bridgehead atoms. The van der Waals surface area contributed by atoms with Gasteiger partial charge in [0, 0.05) is 19.5 Å². The Morgan fingerprint density at radius 2 is 2.10 bits per heavy atom. The fraction of sp³-hybridized carbons (Fsp3) is 0.0667. The van der Waals surface area contributed by atoms with Crippen LogP contribution in [0, 0.1) is 22.7 Å². The van der Waals surface area contributed by atoms with Crippen molar-refractivity contribution in [3.05, 3.63) is 53.9 Å². The van der Waals surface area contributed by atoms with E-state index in [0.29, 0.717) is 17.0 Å². The fourth-order valence-corrected chi connectivity index (χ4v) is 1.66. The molecule has 0 saturated heterocycles. The number of nitrogens with one attached hydrogen (secondary N) is 1. The van der Waals surface area contributed by atoms with Crippen LogP contribution in [0.2, 0.25) is 0 Å². The first-order valence-electron chi connectivity index (χ1n) is 6.12. The molecule has 2 rings (SSSR count). The summed E-state index contributed by atoms with van der Waals surface area (Å²) in [6.07, 6.45) is 4.52. The minimum absolute atomic E-state index is 0.343. The molecule has 1 heterocycles. The van der Waals surface area contributed by atoms with E-state index < -0.39 is 0 Å². The lowest BCUT2D eigenvalue weighted by molar-refractivity contribution is 0.884. The van der Waals surface area contributed by atoms with Crippen molar-refractivity contribution < 1.29 is 0 Å². The molecule has 0 radical (unpaired) electrons. The topological polar surface area (TPSA) is 89.8 Å². The number of hydrogen-bond acceptors (Lipinski definition) is 5. The number of nitrogens with zero attached hydrogens (tertiary/aromatic N) is 5. The Morgan fingerprint density at radius 3 is 2.71 bits per heavy atom. The van der Waals surface area contributed by atoms with Gasteiger partial charge in [-0.25, -0.2) is 4.68 Å². The van der Waals surface area contributed by atoms with Crippen molar-refractivity contribution in [3.63, 3.8) is 0 Å². The molecule has 21 heavy (non-hydrogen) atoms. The summed E-state index contributed by atoms with van der Waals surface area (Å²) in [5.74, 6) is 0.388. The number of benzene rings is 1. The zero-order chi connectivity index (χ0) is 15.1. The van der Waals surface area contributed by atoms with Crippen LogP contribution in [0.4, 0.5) is 5.82 Å². The van der Waals surface area contributed by atoms with E-state index in [2.05, 4.69) is 21.5 Å². The van der Waals surface area contributed by atoms with E-state index in [0.717, 1.165) is 5.69 Å². The monoisotopic (exact) mass is 276 g/mol. The summed E-state index contributed by atoms with van der Waals surface area (Å²) in [5, 5.41) is 25.2. The van der Waals surface area contributed by atoms with Crippen LogP contribution in [-0.2, 0) is 0 Å². The van der Waals surface area contributed by atoms with Gasteiger partial charge in [-0.05, 0) is 12.1 Å². The predicted molar refractivity (Wildman–Crippen MR) is 80.0 cm³/mol. The van der Waals surface area contributed by atoms with Gasteiger partial charge in [-0.2, -0.15) is 10.5 Å². The maximum absolute atomic E-state index is 9.15. The average molecular weight is 276 g/mol. The second-order valence-corrected chi connectivity index (χ2v) is 4.03. The number of rotatable bonds is 4. The molecule has 102 valence electrons. The lowest BCUT2D eigenvalue weighted by atomic mass is 10.3. The van der Waals surface area contributed by atoms with E-state index in [4.69, 9.17) is 10.5 Å². The van der Waals surface area contributed by atoms with E-state index in [1.54, 1.807) is 17.9 Å². The van der Waals surface area contributed by atoms with Gasteiger partial charge in [0.1, 0.15) is 17.7 Å². The van der Waals surface area contributed by atoms with Crippen LogP contribution in [0.3, 0.4) is 0 Å². The maximum Gasteiger partial charge on any atom is 0.170 e. The van der Waals surface area contributed by atoms with E-state index >= 15 is 0 Å². The summed E-state index contributed by atoms with van der Waals surface area (Å²) in [7, 11) is 1.58. The molecule has 0 aliphatic rings. The summed E-state index contributed by atoms with van der Waals surface area (Å²) in [5.41, 5.74) is 1.58. The van der Waals surface area contributed by atoms with Gasteiger partial charge in [0.2, 0.25) is 0 Å². The fourth-order valence-electron chi connectivity index (χ4n) is 1.66. The van der Waals surface area contributed by atoms with Gasteiger partial charge in [0.05, 0.1) is 17.5 Å². The second kappa shape index (κ2) is 6.69. The summed E-state index contributed by atoms with van der Waals surface area (Å²) in [6, 6.07) is 13.5. The first-order valence-corrected chi connectivity index (χ1v) is 6.12. The Hall–Kier alpha value is -3.38. The van der Waals surface area contributed by atoms with Gasteiger partial charge in [0.25, 0.3) is 0 Å². The van der Waals surface area contributed by atoms with Gasteiger partial charge in [-0.3, -0.25) is 4.99 Å². The van der Waals surface area contributed by atoms with Crippen LogP contribution in [0.5, 0.6) is 0 Å². The zero-order valence-corrected chi connectivity index (χ0v) is 11.4. The largest absolute Gasteiger partial charge is 0.343 e. The first-order chi connectivity index (χ1) is 10.3. The molecular weight excluding hydrogens is 264 g/mol.